The van der Waals surface area contributed by atoms with E-state index >= 15 is 0 Å². The molecule has 0 spiro atoms. The minimum absolute atomic E-state index is 0. The van der Waals surface area contributed by atoms with E-state index in [1.165, 1.54) is 23.4 Å². The molecule has 3 heteroatoms. The lowest BCUT2D eigenvalue weighted by atomic mass is 9.81. The molecular weight excluding hydrogens is 138 g/mol. The van der Waals surface area contributed by atoms with E-state index in [0.717, 1.165) is 6.54 Å². The van der Waals surface area contributed by atoms with Crippen LogP contribution in [0.25, 0.3) is 0 Å². The Labute approximate surface area is 65.5 Å². The van der Waals surface area contributed by atoms with E-state index in [0.29, 0.717) is 5.92 Å². The van der Waals surface area contributed by atoms with Crippen molar-refractivity contribution in [3.8, 4) is 0 Å². The Morgan fingerprint density at radius 2 is 2.45 bits per heavy atom. The van der Waals surface area contributed by atoms with Gasteiger partial charge >= 0.3 is 0 Å². The zero-order valence-corrected chi connectivity index (χ0v) is 6.30. The molecule has 1 unspecified atom stereocenters. The van der Waals surface area contributed by atoms with Crippen LogP contribution in [0.4, 0.5) is 0 Å². The zero-order valence-electron chi connectivity index (χ0n) is 6.30. The number of nitrogens with zero attached hydrogens (tertiary/aromatic N) is 1. The van der Waals surface area contributed by atoms with Crippen LogP contribution < -0.4 is 11.5 Å². The number of hydrogen-bond acceptors (Lipinski definition) is 3. The molecule has 0 bridgehead atoms. The van der Waals surface area contributed by atoms with Gasteiger partial charge in [-0.15, -0.1) is 0 Å². The smallest absolute Gasteiger partial charge is 0.0584 e. The van der Waals surface area contributed by atoms with Gasteiger partial charge in [-0.25, -0.2) is 0 Å². The third-order valence-corrected chi connectivity index (χ3v) is 2.45. The number of allylic oxidation sites excluding steroid dienone is 3. The summed E-state index contributed by atoms with van der Waals surface area (Å²) in [7, 11) is 0. The largest absolute Gasteiger partial charge is 0.387 e. The van der Waals surface area contributed by atoms with Gasteiger partial charge in [0.15, 0.2) is 0 Å². The lowest BCUT2D eigenvalue weighted by Crippen LogP contribution is -2.29. The molecule has 3 aliphatic rings. The van der Waals surface area contributed by atoms with Crippen molar-refractivity contribution in [1.82, 2.24) is 11.5 Å². The second-order valence-corrected chi connectivity index (χ2v) is 2.93. The average molecular weight is 149 g/mol. The van der Waals surface area contributed by atoms with Gasteiger partial charge in [0.1, 0.15) is 0 Å². The third kappa shape index (κ3) is 0.587. The Balaban J connectivity index is 0.000000480. The molecule has 1 fully saturated rings. The fourth-order valence-corrected chi connectivity index (χ4v) is 1.95. The Kier molecular flexibility index (Phi) is 1.17. The fraction of sp³-hybridized carbons (Fsp3) is 0.375. The molecule has 1 aliphatic carbocycles. The van der Waals surface area contributed by atoms with E-state index in [1.807, 2.05) is 6.20 Å². The Morgan fingerprint density at radius 1 is 1.55 bits per heavy atom. The van der Waals surface area contributed by atoms with E-state index in [2.05, 4.69) is 16.4 Å². The maximum absolute atomic E-state index is 4.28. The highest BCUT2D eigenvalue weighted by Crippen LogP contribution is 2.39. The van der Waals surface area contributed by atoms with Crippen LogP contribution in [0.1, 0.15) is 6.42 Å². The second kappa shape index (κ2) is 1.95. The van der Waals surface area contributed by atoms with Crippen molar-refractivity contribution in [3.05, 3.63) is 23.5 Å². The van der Waals surface area contributed by atoms with Crippen molar-refractivity contribution in [2.45, 2.75) is 6.42 Å². The molecule has 3 rings (SSSR count). The van der Waals surface area contributed by atoms with E-state index < -0.39 is 0 Å². The summed E-state index contributed by atoms with van der Waals surface area (Å²) in [5.74, 6) is 0.671. The van der Waals surface area contributed by atoms with Crippen LogP contribution in [0, 0.1) is 5.92 Å². The van der Waals surface area contributed by atoms with Gasteiger partial charge in [0.2, 0.25) is 0 Å². The van der Waals surface area contributed by atoms with Crippen LogP contribution in [0.5, 0.6) is 0 Å². The van der Waals surface area contributed by atoms with Gasteiger partial charge < -0.3 is 11.5 Å². The van der Waals surface area contributed by atoms with Crippen LogP contribution in [-0.4, -0.2) is 12.3 Å². The molecule has 4 N–H and O–H groups in total. The van der Waals surface area contributed by atoms with E-state index in [4.69, 9.17) is 0 Å². The Morgan fingerprint density at radius 3 is 3.36 bits per heavy atom. The summed E-state index contributed by atoms with van der Waals surface area (Å²) in [6.07, 6.45) is 5.25. The van der Waals surface area contributed by atoms with Crippen molar-refractivity contribution in [3.63, 3.8) is 0 Å². The lowest BCUT2D eigenvalue weighted by Gasteiger charge is -2.24. The summed E-state index contributed by atoms with van der Waals surface area (Å²) >= 11 is 0. The van der Waals surface area contributed by atoms with Crippen LogP contribution in [0.15, 0.2) is 28.5 Å². The number of fused-ring (bicyclic) bond motifs is 3. The SMILES string of the molecule is C1=CC2=C3NCCC3C2=N1.N. The van der Waals surface area contributed by atoms with Crippen LogP contribution in [0.3, 0.4) is 0 Å². The average Bonchev–Trinajstić information content (AvgIpc) is 2.42. The molecule has 1 atom stereocenters. The third-order valence-electron chi connectivity index (χ3n) is 2.45. The Bertz CT molecular complexity index is 286. The van der Waals surface area contributed by atoms with Gasteiger partial charge in [-0.05, 0) is 12.5 Å². The maximum atomic E-state index is 4.28. The van der Waals surface area contributed by atoms with Crippen molar-refractivity contribution >= 4 is 5.71 Å². The molecule has 0 amide bonds. The Hall–Kier alpha value is -1.09. The van der Waals surface area contributed by atoms with Crippen LogP contribution in [0.2, 0.25) is 0 Å². The molecule has 0 aromatic rings. The molecule has 0 aromatic heterocycles. The predicted molar refractivity (Wildman–Crippen MR) is 44.7 cm³/mol. The second-order valence-electron chi connectivity index (χ2n) is 2.93. The molecule has 2 heterocycles. The molecule has 11 heavy (non-hydrogen) atoms. The number of nitrogens with one attached hydrogen (secondary N) is 1. The lowest BCUT2D eigenvalue weighted by molar-refractivity contribution is 0.812. The topological polar surface area (TPSA) is 59.4 Å². The summed E-state index contributed by atoms with van der Waals surface area (Å²) in [5.41, 5.74) is 4.12. The number of aliphatic imine (C=N–C) groups is 1. The zero-order chi connectivity index (χ0) is 6.55. The quantitative estimate of drug-likeness (QED) is 0.539. The molecule has 0 radical (unpaired) electrons. The van der Waals surface area contributed by atoms with Gasteiger partial charge in [-0.1, -0.05) is 0 Å². The molecule has 3 nitrogen and oxygen atoms in total. The van der Waals surface area contributed by atoms with E-state index in [9.17, 15) is 0 Å². The standard InChI is InChI=1S/C8H8N2.H3N/c1-3-9-7-5(1)8-6(7)2-4-10-8;/h1,3,6,10H,2,4H2;1H3. The van der Waals surface area contributed by atoms with Crippen LogP contribution >= 0.6 is 0 Å². The van der Waals surface area contributed by atoms with Crippen molar-refractivity contribution in [1.29, 1.82) is 0 Å². The van der Waals surface area contributed by atoms with Crippen molar-refractivity contribution in [2.75, 3.05) is 6.54 Å². The predicted octanol–water partition coefficient (Wildman–Crippen LogP) is 0.994. The minimum Gasteiger partial charge on any atom is -0.387 e. The summed E-state index contributed by atoms with van der Waals surface area (Å²) < 4.78 is 0. The molecule has 1 saturated heterocycles. The van der Waals surface area contributed by atoms with Crippen molar-refractivity contribution in [2.24, 2.45) is 10.9 Å². The van der Waals surface area contributed by atoms with Gasteiger partial charge in [-0.2, -0.15) is 0 Å². The fourth-order valence-electron chi connectivity index (χ4n) is 1.95. The van der Waals surface area contributed by atoms with Gasteiger partial charge in [0.25, 0.3) is 0 Å². The van der Waals surface area contributed by atoms with E-state index in [-0.39, 0.29) is 6.15 Å². The highest BCUT2D eigenvalue weighted by molar-refractivity contribution is 6.14. The summed E-state index contributed by atoms with van der Waals surface area (Å²) in [5, 5.41) is 3.38. The number of hydrogen-bond donors (Lipinski definition) is 2. The van der Waals surface area contributed by atoms with Crippen LogP contribution in [-0.2, 0) is 0 Å². The highest BCUT2D eigenvalue weighted by Gasteiger charge is 2.39. The van der Waals surface area contributed by atoms with Gasteiger partial charge in [-0.3, -0.25) is 4.99 Å². The molecule has 0 aromatic carbocycles. The summed E-state index contributed by atoms with van der Waals surface area (Å²) in [4.78, 5) is 4.28. The maximum Gasteiger partial charge on any atom is 0.0584 e. The summed E-state index contributed by atoms with van der Waals surface area (Å²) in [6, 6.07) is 0. The molecular formula is C8H11N3. The number of rotatable bonds is 0. The normalized spacial score (nSPS) is 29.8. The van der Waals surface area contributed by atoms with Gasteiger partial charge in [0, 0.05) is 29.9 Å². The monoisotopic (exact) mass is 149 g/mol. The minimum atomic E-state index is 0. The first kappa shape index (κ1) is 6.61. The molecule has 0 saturated carbocycles. The van der Waals surface area contributed by atoms with E-state index in [1.54, 1.807) is 0 Å². The van der Waals surface area contributed by atoms with Gasteiger partial charge in [0.05, 0.1) is 5.71 Å². The first-order valence-electron chi connectivity index (χ1n) is 3.69. The van der Waals surface area contributed by atoms with Crippen molar-refractivity contribution < 1.29 is 0 Å². The molecule has 2 aliphatic heterocycles. The highest BCUT2D eigenvalue weighted by atomic mass is 15.0. The summed E-state index contributed by atoms with van der Waals surface area (Å²) in [6.45, 7) is 1.14. The first-order valence-corrected chi connectivity index (χ1v) is 3.69. The first-order chi connectivity index (χ1) is 4.97. The molecule has 58 valence electrons.